The zero-order valence-electron chi connectivity index (χ0n) is 14.3. The highest BCUT2D eigenvalue weighted by Crippen LogP contribution is 2.23. The Morgan fingerprint density at radius 3 is 2.52 bits per heavy atom. The Hall–Kier alpha value is -2.18. The third-order valence-corrected chi connectivity index (χ3v) is 5.78. The largest absolute Gasteiger partial charge is 0.457 e. The lowest BCUT2D eigenvalue weighted by molar-refractivity contribution is 0.0471. The van der Waals surface area contributed by atoms with Crippen LogP contribution in [0.4, 0.5) is 0 Å². The van der Waals surface area contributed by atoms with Gasteiger partial charge >= 0.3 is 5.97 Å². The van der Waals surface area contributed by atoms with Crippen molar-refractivity contribution in [3.63, 3.8) is 0 Å². The number of sulfonamides is 1. The van der Waals surface area contributed by atoms with E-state index in [9.17, 15) is 13.2 Å². The Morgan fingerprint density at radius 2 is 1.84 bits per heavy atom. The van der Waals surface area contributed by atoms with Crippen LogP contribution >= 0.6 is 0 Å². The summed E-state index contributed by atoms with van der Waals surface area (Å²) in [6, 6.07) is 12.2. The smallest absolute Gasteiger partial charge is 0.338 e. The van der Waals surface area contributed by atoms with Gasteiger partial charge in [-0.1, -0.05) is 30.3 Å². The lowest BCUT2D eigenvalue weighted by Gasteiger charge is -2.11. The molecule has 1 aliphatic carbocycles. The molecule has 1 N–H and O–H groups in total. The van der Waals surface area contributed by atoms with Gasteiger partial charge < -0.3 is 4.74 Å². The zero-order chi connectivity index (χ0) is 18.0. The summed E-state index contributed by atoms with van der Waals surface area (Å²) in [6.07, 6.45) is 1.72. The summed E-state index contributed by atoms with van der Waals surface area (Å²) in [5.74, 6) is -0.524. The molecule has 0 saturated heterocycles. The lowest BCUT2D eigenvalue weighted by atomic mass is 10.1. The van der Waals surface area contributed by atoms with Gasteiger partial charge in [0.05, 0.1) is 10.5 Å². The third-order valence-electron chi connectivity index (χ3n) is 4.26. The first-order valence-corrected chi connectivity index (χ1v) is 9.70. The molecule has 25 heavy (non-hydrogen) atoms. The first-order valence-electron chi connectivity index (χ1n) is 8.21. The molecule has 6 heteroatoms. The second-order valence-electron chi connectivity index (χ2n) is 6.37. The Bertz CT molecular complexity index is 901. The van der Waals surface area contributed by atoms with Crippen molar-refractivity contribution in [1.29, 1.82) is 0 Å². The Kier molecular flexibility index (Phi) is 4.92. The maximum atomic E-state index is 12.4. The molecule has 0 radical (unpaired) electrons. The van der Waals surface area contributed by atoms with Gasteiger partial charge in [-0.15, -0.1) is 0 Å². The van der Waals surface area contributed by atoms with Gasteiger partial charge in [0.1, 0.15) is 6.61 Å². The third kappa shape index (κ3) is 4.27. The molecular formula is C19H21NO4S. The number of carbonyl (C=O) groups is 1. The maximum absolute atomic E-state index is 12.4. The summed E-state index contributed by atoms with van der Waals surface area (Å²) in [5, 5.41) is 0. The average molecular weight is 359 g/mol. The van der Waals surface area contributed by atoms with Crippen molar-refractivity contribution in [1.82, 2.24) is 4.72 Å². The number of hydrogen-bond donors (Lipinski definition) is 1. The van der Waals surface area contributed by atoms with Crippen LogP contribution in [0.15, 0.2) is 47.4 Å². The van der Waals surface area contributed by atoms with Crippen molar-refractivity contribution in [2.24, 2.45) is 0 Å². The number of ether oxygens (including phenoxy) is 1. The molecule has 1 aliphatic rings. The van der Waals surface area contributed by atoms with Gasteiger partial charge in [0, 0.05) is 6.04 Å². The normalized spacial score (nSPS) is 14.3. The van der Waals surface area contributed by atoms with Crippen LogP contribution in [0.5, 0.6) is 0 Å². The van der Waals surface area contributed by atoms with Gasteiger partial charge in [-0.3, -0.25) is 0 Å². The molecule has 0 amide bonds. The van der Waals surface area contributed by atoms with E-state index >= 15 is 0 Å². The first-order chi connectivity index (χ1) is 11.9. The molecule has 132 valence electrons. The van der Waals surface area contributed by atoms with Gasteiger partial charge in [0.2, 0.25) is 10.0 Å². The van der Waals surface area contributed by atoms with Gasteiger partial charge in [-0.05, 0) is 55.5 Å². The summed E-state index contributed by atoms with van der Waals surface area (Å²) >= 11 is 0. The monoisotopic (exact) mass is 359 g/mol. The molecule has 0 atom stereocenters. The molecule has 0 heterocycles. The van der Waals surface area contributed by atoms with Crippen LogP contribution in [0.3, 0.4) is 0 Å². The number of hydrogen-bond acceptors (Lipinski definition) is 4. The lowest BCUT2D eigenvalue weighted by Crippen LogP contribution is -2.26. The van der Waals surface area contributed by atoms with E-state index < -0.39 is 16.0 Å². The zero-order valence-corrected chi connectivity index (χ0v) is 15.1. The highest BCUT2D eigenvalue weighted by atomic mass is 32.2. The van der Waals surface area contributed by atoms with Crippen LogP contribution in [0.1, 0.15) is 39.9 Å². The molecule has 5 nitrogen and oxygen atoms in total. The van der Waals surface area contributed by atoms with E-state index in [-0.39, 0.29) is 23.1 Å². The second-order valence-corrected chi connectivity index (χ2v) is 8.09. The highest BCUT2D eigenvalue weighted by molar-refractivity contribution is 7.89. The number of nitrogens with one attached hydrogen (secondary N) is 1. The SMILES string of the molecule is Cc1ccccc1COC(=O)c1cc(S(=O)(=O)NC2CC2)ccc1C. The predicted molar refractivity (Wildman–Crippen MR) is 94.8 cm³/mol. The molecule has 0 aliphatic heterocycles. The van der Waals surface area contributed by atoms with E-state index in [1.165, 1.54) is 12.1 Å². The van der Waals surface area contributed by atoms with Crippen molar-refractivity contribution in [3.8, 4) is 0 Å². The number of benzene rings is 2. The first kappa shape index (κ1) is 17.6. The molecular weight excluding hydrogens is 338 g/mol. The molecule has 0 bridgehead atoms. The van der Waals surface area contributed by atoms with Crippen LogP contribution in [-0.4, -0.2) is 20.4 Å². The Labute approximate surface area is 148 Å². The van der Waals surface area contributed by atoms with Crippen LogP contribution in [0.25, 0.3) is 0 Å². The van der Waals surface area contributed by atoms with Crippen LogP contribution in [0.2, 0.25) is 0 Å². The Morgan fingerprint density at radius 1 is 1.12 bits per heavy atom. The summed E-state index contributed by atoms with van der Waals surface area (Å²) in [6.45, 7) is 3.86. The van der Waals surface area contributed by atoms with E-state index in [4.69, 9.17) is 4.74 Å². The minimum atomic E-state index is -3.60. The van der Waals surface area contributed by atoms with Crippen LogP contribution in [0, 0.1) is 13.8 Å². The molecule has 3 rings (SSSR count). The minimum Gasteiger partial charge on any atom is -0.457 e. The van der Waals surface area contributed by atoms with Crippen molar-refractivity contribution in [3.05, 3.63) is 64.7 Å². The number of carbonyl (C=O) groups excluding carboxylic acids is 1. The molecule has 1 fully saturated rings. The molecule has 0 unspecified atom stereocenters. The number of esters is 1. The summed E-state index contributed by atoms with van der Waals surface area (Å²) < 4.78 is 32.7. The van der Waals surface area contributed by atoms with Crippen molar-refractivity contribution in [2.45, 2.75) is 44.2 Å². The standard InChI is InChI=1S/C19H21NO4S/c1-13-5-3-4-6-15(13)12-24-19(21)18-11-17(10-7-14(18)2)25(22,23)20-16-8-9-16/h3-7,10-11,16,20H,8-9,12H2,1-2H3. The summed E-state index contributed by atoms with van der Waals surface area (Å²) in [5.41, 5.74) is 2.91. The number of rotatable bonds is 6. The highest BCUT2D eigenvalue weighted by Gasteiger charge is 2.28. The molecule has 2 aromatic rings. The molecule has 0 spiro atoms. The van der Waals surface area contributed by atoms with Crippen LogP contribution < -0.4 is 4.72 Å². The van der Waals surface area contributed by atoms with E-state index in [1.54, 1.807) is 13.0 Å². The van der Waals surface area contributed by atoms with Gasteiger partial charge in [-0.25, -0.2) is 17.9 Å². The Balaban J connectivity index is 1.77. The van der Waals surface area contributed by atoms with E-state index in [0.29, 0.717) is 5.56 Å². The maximum Gasteiger partial charge on any atom is 0.338 e. The molecule has 0 aromatic heterocycles. The summed E-state index contributed by atoms with van der Waals surface area (Å²) in [4.78, 5) is 12.5. The van der Waals surface area contributed by atoms with Gasteiger partial charge in [0.15, 0.2) is 0 Å². The quantitative estimate of drug-likeness (QED) is 0.805. The van der Waals surface area contributed by atoms with Gasteiger partial charge in [0.25, 0.3) is 0 Å². The van der Waals surface area contributed by atoms with E-state index in [1.807, 2.05) is 31.2 Å². The predicted octanol–water partition coefficient (Wildman–Crippen LogP) is 3.10. The average Bonchev–Trinajstić information content (AvgIpc) is 3.37. The minimum absolute atomic E-state index is 0.0164. The topological polar surface area (TPSA) is 72.5 Å². The fourth-order valence-corrected chi connectivity index (χ4v) is 3.80. The van der Waals surface area contributed by atoms with Crippen LogP contribution in [-0.2, 0) is 21.4 Å². The molecule has 2 aromatic carbocycles. The van der Waals surface area contributed by atoms with E-state index in [2.05, 4.69) is 4.72 Å². The van der Waals surface area contributed by atoms with Crippen molar-refractivity contribution in [2.75, 3.05) is 0 Å². The van der Waals surface area contributed by atoms with Gasteiger partial charge in [-0.2, -0.15) is 0 Å². The van der Waals surface area contributed by atoms with Crippen molar-refractivity contribution < 1.29 is 17.9 Å². The summed E-state index contributed by atoms with van der Waals surface area (Å²) in [7, 11) is -3.60. The van der Waals surface area contributed by atoms with E-state index in [0.717, 1.165) is 24.0 Å². The second kappa shape index (κ2) is 6.98. The number of aryl methyl sites for hydroxylation is 2. The van der Waals surface area contributed by atoms with Crippen molar-refractivity contribution >= 4 is 16.0 Å². The fraction of sp³-hybridized carbons (Fsp3) is 0.316. The fourth-order valence-electron chi connectivity index (χ4n) is 2.47. The molecule has 1 saturated carbocycles.